The van der Waals surface area contributed by atoms with Crippen molar-refractivity contribution >= 4 is 18.1 Å². The first-order valence-corrected chi connectivity index (χ1v) is 10.7. The Morgan fingerprint density at radius 1 is 0.656 bits per heavy atom. The molecule has 12 nitrogen and oxygen atoms in total. The average molecular weight is 466 g/mol. The van der Waals surface area contributed by atoms with E-state index in [1.54, 1.807) is 21.3 Å². The van der Waals surface area contributed by atoms with Crippen molar-refractivity contribution in [2.75, 3.05) is 80.6 Å². The minimum atomic E-state index is -0.666. The average Bonchev–Trinajstić information content (AvgIpc) is 2.78. The van der Waals surface area contributed by atoms with Gasteiger partial charge >= 0.3 is 12.2 Å². The predicted octanol–water partition coefficient (Wildman–Crippen LogP) is 0.440. The number of rotatable bonds is 20. The maximum atomic E-state index is 11.8. The number of alkyl carbamates (subject to hydrolysis) is 2. The monoisotopic (exact) mass is 465 g/mol. The van der Waals surface area contributed by atoms with E-state index in [0.29, 0.717) is 58.7 Å². The highest BCUT2D eigenvalue weighted by atomic mass is 16.6. The summed E-state index contributed by atoms with van der Waals surface area (Å²) in [6.07, 6.45) is 0.183. The van der Waals surface area contributed by atoms with E-state index in [4.69, 9.17) is 28.4 Å². The van der Waals surface area contributed by atoms with Crippen molar-refractivity contribution in [1.82, 2.24) is 16.0 Å². The second kappa shape index (κ2) is 22.1. The summed E-state index contributed by atoms with van der Waals surface area (Å²) in [4.78, 5) is 35.2. The molecule has 0 aromatic heterocycles. The van der Waals surface area contributed by atoms with Crippen molar-refractivity contribution in [3.8, 4) is 0 Å². The number of amides is 3. The highest BCUT2D eigenvalue weighted by Crippen LogP contribution is 2.00. The van der Waals surface area contributed by atoms with Gasteiger partial charge in [0.2, 0.25) is 5.91 Å². The summed E-state index contributed by atoms with van der Waals surface area (Å²) in [6.45, 7) is 2.80. The van der Waals surface area contributed by atoms with E-state index >= 15 is 0 Å². The van der Waals surface area contributed by atoms with Crippen molar-refractivity contribution in [3.63, 3.8) is 0 Å². The van der Waals surface area contributed by atoms with Gasteiger partial charge in [0.05, 0.1) is 6.61 Å². The molecule has 0 fully saturated rings. The van der Waals surface area contributed by atoms with Crippen LogP contribution in [0.5, 0.6) is 0 Å². The number of carbonyl (C=O) groups is 3. The van der Waals surface area contributed by atoms with Crippen molar-refractivity contribution < 1.29 is 42.8 Å². The lowest BCUT2D eigenvalue weighted by molar-refractivity contribution is -0.121. The van der Waals surface area contributed by atoms with Gasteiger partial charge in [0.1, 0.15) is 19.3 Å². The largest absolute Gasteiger partial charge is 0.447 e. The third kappa shape index (κ3) is 19.8. The zero-order valence-electron chi connectivity index (χ0n) is 19.4. The maximum absolute atomic E-state index is 11.8. The number of methoxy groups -OCH3 is 3. The van der Waals surface area contributed by atoms with Crippen LogP contribution in [0.1, 0.15) is 25.7 Å². The molecular weight excluding hydrogens is 426 g/mol. The summed E-state index contributed by atoms with van der Waals surface area (Å²) in [5.74, 6) is -0.111. The molecule has 0 unspecified atom stereocenters. The standard InChI is InChI=1S/C20H39N3O9/c1-27-11-5-8-22-19(25)31-15-17(16-32-20(26)23-9-6-12-28-2)30-13-4-7-18(24)21-10-14-29-3/h17H,4-16H2,1-3H3,(H,21,24)(H,22,25)(H,23,26). The Hall–Kier alpha value is -2.15. The Labute approximate surface area is 189 Å². The molecule has 188 valence electrons. The summed E-state index contributed by atoms with van der Waals surface area (Å²) in [5.41, 5.74) is 0. The third-order valence-electron chi connectivity index (χ3n) is 3.92. The van der Waals surface area contributed by atoms with E-state index in [2.05, 4.69) is 16.0 Å². The molecule has 12 heteroatoms. The van der Waals surface area contributed by atoms with Crippen LogP contribution in [-0.4, -0.2) is 105 Å². The van der Waals surface area contributed by atoms with Crippen molar-refractivity contribution in [2.45, 2.75) is 31.8 Å². The lowest BCUT2D eigenvalue weighted by atomic mass is 10.3. The second-order valence-corrected chi connectivity index (χ2v) is 6.68. The van der Waals surface area contributed by atoms with Gasteiger partial charge in [-0.25, -0.2) is 9.59 Å². The van der Waals surface area contributed by atoms with Gasteiger partial charge in [-0.05, 0) is 19.3 Å². The molecule has 0 bridgehead atoms. The van der Waals surface area contributed by atoms with Crippen LogP contribution in [0.3, 0.4) is 0 Å². The molecule has 0 saturated carbocycles. The first-order chi connectivity index (χ1) is 15.5. The zero-order valence-corrected chi connectivity index (χ0v) is 19.4. The fraction of sp³-hybridized carbons (Fsp3) is 0.850. The van der Waals surface area contributed by atoms with Crippen LogP contribution in [0.25, 0.3) is 0 Å². The topological polar surface area (TPSA) is 143 Å². The number of hydrogen-bond acceptors (Lipinski definition) is 9. The first-order valence-electron chi connectivity index (χ1n) is 10.7. The molecule has 0 aliphatic heterocycles. The fourth-order valence-corrected chi connectivity index (χ4v) is 2.26. The van der Waals surface area contributed by atoms with Gasteiger partial charge in [0, 0.05) is 67.2 Å². The quantitative estimate of drug-likeness (QED) is 0.218. The third-order valence-corrected chi connectivity index (χ3v) is 3.92. The Balaban J connectivity index is 4.29. The molecule has 32 heavy (non-hydrogen) atoms. The molecule has 0 saturated heterocycles. The summed E-state index contributed by atoms with van der Waals surface area (Å²) in [5, 5.41) is 7.90. The van der Waals surface area contributed by atoms with Crippen LogP contribution in [-0.2, 0) is 33.2 Å². The number of ether oxygens (including phenoxy) is 6. The highest BCUT2D eigenvalue weighted by Gasteiger charge is 2.16. The van der Waals surface area contributed by atoms with Gasteiger partial charge in [0.15, 0.2) is 0 Å². The predicted molar refractivity (Wildman–Crippen MR) is 116 cm³/mol. The van der Waals surface area contributed by atoms with Crippen LogP contribution >= 0.6 is 0 Å². The van der Waals surface area contributed by atoms with Crippen LogP contribution in [0.2, 0.25) is 0 Å². The molecule has 0 aromatic rings. The molecule has 0 radical (unpaired) electrons. The maximum Gasteiger partial charge on any atom is 0.407 e. The normalized spacial score (nSPS) is 10.6. The summed E-state index contributed by atoms with van der Waals surface area (Å²) in [7, 11) is 4.72. The number of carbonyl (C=O) groups excluding carboxylic acids is 3. The molecule has 0 aliphatic rings. The van der Waals surface area contributed by atoms with Crippen LogP contribution in [0, 0.1) is 0 Å². The van der Waals surface area contributed by atoms with E-state index in [9.17, 15) is 14.4 Å². The van der Waals surface area contributed by atoms with Crippen molar-refractivity contribution in [1.29, 1.82) is 0 Å². The Morgan fingerprint density at radius 2 is 1.19 bits per heavy atom. The molecular formula is C20H39N3O9. The highest BCUT2D eigenvalue weighted by molar-refractivity contribution is 5.75. The zero-order chi connectivity index (χ0) is 23.9. The van der Waals surface area contributed by atoms with E-state index in [1.807, 2.05) is 0 Å². The van der Waals surface area contributed by atoms with Crippen LogP contribution in [0.4, 0.5) is 9.59 Å². The van der Waals surface area contributed by atoms with Gasteiger partial charge in [-0.3, -0.25) is 4.79 Å². The van der Waals surface area contributed by atoms with E-state index in [-0.39, 0.29) is 32.1 Å². The van der Waals surface area contributed by atoms with Crippen LogP contribution in [0.15, 0.2) is 0 Å². The minimum Gasteiger partial charge on any atom is -0.447 e. The molecule has 0 aromatic carbocycles. The molecule has 0 aliphatic carbocycles. The molecule has 3 amide bonds. The second-order valence-electron chi connectivity index (χ2n) is 6.68. The number of nitrogens with one attached hydrogen (secondary N) is 3. The van der Waals surface area contributed by atoms with Gasteiger partial charge in [-0.15, -0.1) is 0 Å². The first kappa shape index (κ1) is 29.9. The molecule has 0 heterocycles. The molecule has 0 atom stereocenters. The lowest BCUT2D eigenvalue weighted by Gasteiger charge is -2.18. The van der Waals surface area contributed by atoms with Gasteiger partial charge in [-0.1, -0.05) is 0 Å². The van der Waals surface area contributed by atoms with E-state index in [1.165, 1.54) is 0 Å². The molecule has 0 spiro atoms. The van der Waals surface area contributed by atoms with Crippen molar-refractivity contribution in [3.05, 3.63) is 0 Å². The Morgan fingerprint density at radius 3 is 1.69 bits per heavy atom. The summed E-state index contributed by atoms with van der Waals surface area (Å²) < 4.78 is 30.6. The lowest BCUT2D eigenvalue weighted by Crippen LogP contribution is -2.35. The Kier molecular flexibility index (Phi) is 20.6. The van der Waals surface area contributed by atoms with E-state index < -0.39 is 18.3 Å². The van der Waals surface area contributed by atoms with E-state index in [0.717, 1.165) is 0 Å². The van der Waals surface area contributed by atoms with Crippen molar-refractivity contribution in [2.24, 2.45) is 0 Å². The SMILES string of the molecule is COCCCNC(=O)OCC(COC(=O)NCCCOC)OCCCC(=O)NCCOC. The van der Waals surface area contributed by atoms with Gasteiger partial charge in [-0.2, -0.15) is 0 Å². The number of hydrogen-bond donors (Lipinski definition) is 3. The minimum absolute atomic E-state index is 0.104. The molecule has 3 N–H and O–H groups in total. The summed E-state index contributed by atoms with van der Waals surface area (Å²) in [6, 6.07) is 0. The Bertz CT molecular complexity index is 467. The van der Waals surface area contributed by atoms with Crippen LogP contribution < -0.4 is 16.0 Å². The fourth-order valence-electron chi connectivity index (χ4n) is 2.26. The smallest absolute Gasteiger partial charge is 0.407 e. The van der Waals surface area contributed by atoms with Gasteiger partial charge in [0.25, 0.3) is 0 Å². The summed E-state index contributed by atoms with van der Waals surface area (Å²) >= 11 is 0. The molecule has 0 rings (SSSR count). The van der Waals surface area contributed by atoms with Gasteiger partial charge < -0.3 is 44.4 Å².